The Morgan fingerprint density at radius 1 is 1.03 bits per heavy atom. The molecule has 0 radical (unpaired) electrons. The highest BCUT2D eigenvalue weighted by molar-refractivity contribution is 5.67. The molecule has 2 aromatic rings. The van der Waals surface area contributed by atoms with Crippen molar-refractivity contribution in [3.05, 3.63) is 123 Å². The summed E-state index contributed by atoms with van der Waals surface area (Å²) in [6.45, 7) is 13.8. The molecule has 3 aliphatic rings. The summed E-state index contributed by atoms with van der Waals surface area (Å²) in [7, 11) is 0. The number of benzene rings is 2. The van der Waals surface area contributed by atoms with Crippen molar-refractivity contribution in [3.8, 4) is 0 Å². The second-order valence-electron chi connectivity index (χ2n) is 9.79. The number of hydrogen-bond acceptors (Lipinski definition) is 0. The van der Waals surface area contributed by atoms with Gasteiger partial charge in [-0.2, -0.15) is 0 Å². The van der Waals surface area contributed by atoms with Crippen LogP contribution in [0.2, 0.25) is 0 Å². The SMILES string of the molecule is C=C(CCC)C1=C(C)C=C2CC(=Cc3ccccc3)C(=C)C2C1c1ccc2c(c1)CCC2. The molecule has 0 amide bonds. The van der Waals surface area contributed by atoms with Gasteiger partial charge in [-0.25, -0.2) is 0 Å². The summed E-state index contributed by atoms with van der Waals surface area (Å²) in [5.41, 5.74) is 14.2. The van der Waals surface area contributed by atoms with Crippen molar-refractivity contribution in [2.45, 2.75) is 58.3 Å². The van der Waals surface area contributed by atoms with E-state index >= 15 is 0 Å². The highest BCUT2D eigenvalue weighted by Crippen LogP contribution is 2.55. The largest absolute Gasteiger partial charge is 0.0955 e. The topological polar surface area (TPSA) is 0 Å². The Labute approximate surface area is 193 Å². The zero-order valence-electron chi connectivity index (χ0n) is 19.6. The Balaban J connectivity index is 1.61. The summed E-state index contributed by atoms with van der Waals surface area (Å²) in [5, 5.41) is 0. The Kier molecular flexibility index (Phi) is 5.64. The van der Waals surface area contributed by atoms with Crippen molar-refractivity contribution in [1.82, 2.24) is 0 Å². The van der Waals surface area contributed by atoms with Crippen molar-refractivity contribution in [2.75, 3.05) is 0 Å². The minimum absolute atomic E-state index is 0.328. The van der Waals surface area contributed by atoms with Crippen LogP contribution in [0.25, 0.3) is 6.08 Å². The summed E-state index contributed by atoms with van der Waals surface area (Å²) in [4.78, 5) is 0. The number of aryl methyl sites for hydroxylation is 2. The van der Waals surface area contributed by atoms with Gasteiger partial charge in [-0.3, -0.25) is 0 Å². The third kappa shape index (κ3) is 3.66. The number of rotatable bonds is 5. The zero-order valence-corrected chi connectivity index (χ0v) is 19.6. The molecule has 2 atom stereocenters. The molecule has 0 N–H and O–H groups in total. The maximum Gasteiger partial charge on any atom is 0.0201 e. The van der Waals surface area contributed by atoms with E-state index in [2.05, 4.69) is 87.7 Å². The summed E-state index contributed by atoms with van der Waals surface area (Å²) in [6, 6.07) is 18.0. The van der Waals surface area contributed by atoms with Gasteiger partial charge in [0.25, 0.3) is 0 Å². The zero-order chi connectivity index (χ0) is 22.2. The molecule has 0 heterocycles. The maximum absolute atomic E-state index is 4.67. The first-order valence-corrected chi connectivity index (χ1v) is 12.2. The van der Waals surface area contributed by atoms with Gasteiger partial charge in [0.2, 0.25) is 0 Å². The van der Waals surface area contributed by atoms with Crippen LogP contribution < -0.4 is 0 Å². The van der Waals surface area contributed by atoms with Crippen molar-refractivity contribution in [2.24, 2.45) is 5.92 Å². The molecule has 32 heavy (non-hydrogen) atoms. The standard InChI is InChI=1S/C32H34/c1-5-10-21(2)30-22(3)17-29-20-28(18-24-11-7-6-8-12-24)23(4)31(29)32(30)27-16-15-25-13-9-14-26(25)19-27/h6-8,11-12,15-19,31-32H,2,4-5,9-10,13-14,20H2,1,3H3. The lowest BCUT2D eigenvalue weighted by molar-refractivity contribution is 0.619. The number of fused-ring (bicyclic) bond motifs is 2. The third-order valence-corrected chi connectivity index (χ3v) is 7.61. The predicted molar refractivity (Wildman–Crippen MR) is 138 cm³/mol. The molecule has 2 aromatic carbocycles. The fraction of sp³-hybridized carbons (Fsp3) is 0.312. The summed E-state index contributed by atoms with van der Waals surface area (Å²) in [6.07, 6.45) is 11.7. The van der Waals surface area contributed by atoms with Crippen LogP contribution in [0.4, 0.5) is 0 Å². The van der Waals surface area contributed by atoms with Crippen LogP contribution >= 0.6 is 0 Å². The minimum Gasteiger partial charge on any atom is -0.0955 e. The summed E-state index contributed by atoms with van der Waals surface area (Å²) < 4.78 is 0. The van der Waals surface area contributed by atoms with Crippen molar-refractivity contribution < 1.29 is 0 Å². The molecule has 1 saturated carbocycles. The van der Waals surface area contributed by atoms with E-state index in [4.69, 9.17) is 0 Å². The lowest BCUT2D eigenvalue weighted by atomic mass is 9.69. The molecular weight excluding hydrogens is 384 g/mol. The number of allylic oxidation sites excluding steroid dienone is 7. The van der Waals surface area contributed by atoms with Crippen LogP contribution in [-0.2, 0) is 12.8 Å². The molecule has 0 heteroatoms. The Hall–Kier alpha value is -2.86. The second-order valence-corrected chi connectivity index (χ2v) is 9.79. The third-order valence-electron chi connectivity index (χ3n) is 7.61. The average molecular weight is 419 g/mol. The second kappa shape index (κ2) is 8.58. The fourth-order valence-electron chi connectivity index (χ4n) is 6.16. The summed E-state index contributed by atoms with van der Waals surface area (Å²) in [5.74, 6) is 0.672. The Bertz CT molecular complexity index is 1170. The van der Waals surface area contributed by atoms with Crippen molar-refractivity contribution in [1.29, 1.82) is 0 Å². The lowest BCUT2D eigenvalue weighted by Crippen LogP contribution is -2.21. The predicted octanol–water partition coefficient (Wildman–Crippen LogP) is 8.53. The maximum atomic E-state index is 4.67. The van der Waals surface area contributed by atoms with Gasteiger partial charge in [0.1, 0.15) is 0 Å². The lowest BCUT2D eigenvalue weighted by Gasteiger charge is -2.35. The van der Waals surface area contributed by atoms with E-state index < -0.39 is 0 Å². The normalized spacial score (nSPS) is 23.4. The molecule has 0 aliphatic heterocycles. The van der Waals surface area contributed by atoms with Gasteiger partial charge >= 0.3 is 0 Å². The van der Waals surface area contributed by atoms with E-state index in [-0.39, 0.29) is 0 Å². The molecule has 5 rings (SSSR count). The monoisotopic (exact) mass is 418 g/mol. The van der Waals surface area contributed by atoms with Crippen LogP contribution in [-0.4, -0.2) is 0 Å². The smallest absolute Gasteiger partial charge is 0.0201 e. The first-order valence-electron chi connectivity index (χ1n) is 12.2. The van der Waals surface area contributed by atoms with Gasteiger partial charge in [0.15, 0.2) is 0 Å². The van der Waals surface area contributed by atoms with E-state index in [9.17, 15) is 0 Å². The fourth-order valence-corrected chi connectivity index (χ4v) is 6.16. The van der Waals surface area contributed by atoms with Crippen LogP contribution in [0, 0.1) is 5.92 Å². The van der Waals surface area contributed by atoms with Gasteiger partial charge in [0.05, 0.1) is 0 Å². The van der Waals surface area contributed by atoms with E-state index in [1.807, 2.05) is 0 Å². The van der Waals surface area contributed by atoms with Gasteiger partial charge in [-0.05, 0) is 83.6 Å². The van der Waals surface area contributed by atoms with Crippen LogP contribution in [0.3, 0.4) is 0 Å². The van der Waals surface area contributed by atoms with E-state index in [0.29, 0.717) is 11.8 Å². The first kappa shape index (κ1) is 21.0. The minimum atomic E-state index is 0.328. The molecule has 0 bridgehead atoms. The van der Waals surface area contributed by atoms with Crippen molar-refractivity contribution >= 4 is 6.08 Å². The molecule has 162 valence electrons. The molecule has 0 spiro atoms. The summed E-state index contributed by atoms with van der Waals surface area (Å²) >= 11 is 0. The highest BCUT2D eigenvalue weighted by atomic mass is 14.4. The van der Waals surface area contributed by atoms with Gasteiger partial charge in [-0.15, -0.1) is 0 Å². The quantitative estimate of drug-likeness (QED) is 0.456. The van der Waals surface area contributed by atoms with Gasteiger partial charge in [-0.1, -0.05) is 98.3 Å². The number of hydrogen-bond donors (Lipinski definition) is 0. The Morgan fingerprint density at radius 3 is 2.59 bits per heavy atom. The molecule has 2 unspecified atom stereocenters. The molecule has 0 saturated heterocycles. The van der Waals surface area contributed by atoms with E-state index in [1.165, 1.54) is 63.8 Å². The Morgan fingerprint density at radius 2 is 1.81 bits per heavy atom. The molecular formula is C32H34. The van der Waals surface area contributed by atoms with Crippen LogP contribution in [0.1, 0.15) is 67.7 Å². The molecule has 3 aliphatic carbocycles. The highest BCUT2D eigenvalue weighted by Gasteiger charge is 2.41. The van der Waals surface area contributed by atoms with Gasteiger partial charge < -0.3 is 0 Å². The van der Waals surface area contributed by atoms with Crippen LogP contribution in [0.5, 0.6) is 0 Å². The van der Waals surface area contributed by atoms with Crippen LogP contribution in [0.15, 0.2) is 101 Å². The molecule has 0 nitrogen and oxygen atoms in total. The van der Waals surface area contributed by atoms with Gasteiger partial charge in [0, 0.05) is 11.8 Å². The van der Waals surface area contributed by atoms with Crippen molar-refractivity contribution in [3.63, 3.8) is 0 Å². The van der Waals surface area contributed by atoms with E-state index in [0.717, 1.165) is 19.3 Å². The molecule has 1 fully saturated rings. The van der Waals surface area contributed by atoms with E-state index in [1.54, 1.807) is 11.1 Å². The first-order chi connectivity index (χ1) is 15.6. The molecule has 0 aromatic heterocycles. The average Bonchev–Trinajstić information content (AvgIpc) is 3.37.